The number of rotatable bonds is 4. The van der Waals surface area contributed by atoms with Gasteiger partial charge in [0, 0.05) is 37.2 Å². The standard InChI is InChI=1S/C29H28N2OS/c1-33-25-15-14-24-13-12-23-9-5-6-10-26(23)29(27(24)21-25)31-19-17-30(18-20-31)28(32)16-11-22-7-3-2-4-8-22/h2-16,21,29H,17-20H2,1H3. The minimum absolute atomic E-state index is 0.0894. The number of nitrogens with zero attached hydrogens (tertiary/aromatic N) is 2. The molecule has 4 heteroatoms. The van der Waals surface area contributed by atoms with Crippen LogP contribution in [0.3, 0.4) is 0 Å². The fourth-order valence-electron chi connectivity index (χ4n) is 4.76. The molecule has 1 unspecified atom stereocenters. The maximum Gasteiger partial charge on any atom is 0.246 e. The molecule has 5 rings (SSSR count). The van der Waals surface area contributed by atoms with Gasteiger partial charge in [-0.1, -0.05) is 72.8 Å². The maximum atomic E-state index is 12.8. The number of fused-ring (bicyclic) bond motifs is 2. The maximum absolute atomic E-state index is 12.8. The number of amides is 1. The molecule has 0 bridgehead atoms. The van der Waals surface area contributed by atoms with Gasteiger partial charge in [0.05, 0.1) is 6.04 Å². The third-order valence-electron chi connectivity index (χ3n) is 6.53. The van der Waals surface area contributed by atoms with E-state index in [1.807, 2.05) is 41.3 Å². The van der Waals surface area contributed by atoms with Gasteiger partial charge >= 0.3 is 0 Å². The Kier molecular flexibility index (Phi) is 6.47. The second-order valence-electron chi connectivity index (χ2n) is 8.46. The number of benzene rings is 3. The predicted octanol–water partition coefficient (Wildman–Crippen LogP) is 5.84. The van der Waals surface area contributed by atoms with Crippen molar-refractivity contribution in [3.8, 4) is 0 Å². The monoisotopic (exact) mass is 452 g/mol. The molecule has 2 aliphatic rings. The Balaban J connectivity index is 1.37. The SMILES string of the molecule is CSc1ccc2c(c1)C(N1CCN(C(=O)C=Cc3ccccc3)CC1)c1ccccc1C=C2. The van der Waals surface area contributed by atoms with Gasteiger partial charge in [-0.15, -0.1) is 11.8 Å². The Morgan fingerprint density at radius 3 is 2.30 bits per heavy atom. The lowest BCUT2D eigenvalue weighted by Gasteiger charge is -2.40. The van der Waals surface area contributed by atoms with Crippen molar-refractivity contribution in [3.05, 3.63) is 107 Å². The van der Waals surface area contributed by atoms with Gasteiger partial charge in [0.15, 0.2) is 0 Å². The summed E-state index contributed by atoms with van der Waals surface area (Å²) in [6.07, 6.45) is 10.2. The van der Waals surface area contributed by atoms with Crippen LogP contribution in [0.5, 0.6) is 0 Å². The van der Waals surface area contributed by atoms with Crippen molar-refractivity contribution in [1.82, 2.24) is 9.80 Å². The smallest absolute Gasteiger partial charge is 0.246 e. The third kappa shape index (κ3) is 4.68. The Hall–Kier alpha value is -3.08. The molecule has 1 heterocycles. The highest BCUT2D eigenvalue weighted by Crippen LogP contribution is 2.38. The van der Waals surface area contributed by atoms with Gasteiger partial charge < -0.3 is 4.90 Å². The summed E-state index contributed by atoms with van der Waals surface area (Å²) in [7, 11) is 0. The highest BCUT2D eigenvalue weighted by molar-refractivity contribution is 7.98. The first kappa shape index (κ1) is 21.7. The zero-order chi connectivity index (χ0) is 22.6. The first-order valence-electron chi connectivity index (χ1n) is 11.4. The zero-order valence-electron chi connectivity index (χ0n) is 18.9. The lowest BCUT2D eigenvalue weighted by atomic mass is 9.92. The lowest BCUT2D eigenvalue weighted by Crippen LogP contribution is -2.49. The molecule has 0 saturated carbocycles. The number of carbonyl (C=O) groups is 1. The van der Waals surface area contributed by atoms with E-state index in [4.69, 9.17) is 0 Å². The van der Waals surface area contributed by atoms with Gasteiger partial charge in [-0.3, -0.25) is 9.69 Å². The number of piperazine rings is 1. The molecule has 1 atom stereocenters. The second kappa shape index (κ2) is 9.82. The van der Waals surface area contributed by atoms with Crippen LogP contribution in [0.2, 0.25) is 0 Å². The molecule has 1 amide bonds. The minimum atomic E-state index is 0.0894. The van der Waals surface area contributed by atoms with Gasteiger partial charge in [0.2, 0.25) is 5.91 Å². The number of thioether (sulfide) groups is 1. The van der Waals surface area contributed by atoms with Crippen LogP contribution in [0, 0.1) is 0 Å². The van der Waals surface area contributed by atoms with E-state index in [0.717, 1.165) is 31.7 Å². The Morgan fingerprint density at radius 1 is 0.848 bits per heavy atom. The topological polar surface area (TPSA) is 23.6 Å². The van der Waals surface area contributed by atoms with E-state index in [1.54, 1.807) is 17.8 Å². The lowest BCUT2D eigenvalue weighted by molar-refractivity contribution is -0.127. The minimum Gasteiger partial charge on any atom is -0.337 e. The van der Waals surface area contributed by atoms with Crippen LogP contribution in [-0.4, -0.2) is 48.1 Å². The van der Waals surface area contributed by atoms with E-state index >= 15 is 0 Å². The first-order valence-corrected chi connectivity index (χ1v) is 12.7. The summed E-state index contributed by atoms with van der Waals surface area (Å²) in [5.41, 5.74) is 6.29. The largest absolute Gasteiger partial charge is 0.337 e. The zero-order valence-corrected chi connectivity index (χ0v) is 19.7. The van der Waals surface area contributed by atoms with Crippen molar-refractivity contribution in [2.75, 3.05) is 32.4 Å². The molecule has 0 N–H and O–H groups in total. The Labute approximate surface area is 200 Å². The number of hydrogen-bond acceptors (Lipinski definition) is 3. The van der Waals surface area contributed by atoms with Crippen LogP contribution in [0.1, 0.15) is 33.9 Å². The van der Waals surface area contributed by atoms with Crippen molar-refractivity contribution in [2.45, 2.75) is 10.9 Å². The summed E-state index contributed by atoms with van der Waals surface area (Å²) in [5, 5.41) is 0. The molecule has 1 aliphatic carbocycles. The molecule has 3 aromatic carbocycles. The van der Waals surface area contributed by atoms with E-state index in [9.17, 15) is 4.79 Å². The molecular weight excluding hydrogens is 424 g/mol. The summed E-state index contributed by atoms with van der Waals surface area (Å²) >= 11 is 1.78. The first-order chi connectivity index (χ1) is 16.2. The molecule has 0 radical (unpaired) electrons. The van der Waals surface area contributed by atoms with E-state index in [2.05, 4.69) is 65.8 Å². The average molecular weight is 453 g/mol. The quantitative estimate of drug-likeness (QED) is 0.367. The highest BCUT2D eigenvalue weighted by atomic mass is 32.2. The van der Waals surface area contributed by atoms with Crippen molar-refractivity contribution in [1.29, 1.82) is 0 Å². The summed E-state index contributed by atoms with van der Waals surface area (Å²) < 4.78 is 0. The summed E-state index contributed by atoms with van der Waals surface area (Å²) in [6, 6.07) is 25.7. The van der Waals surface area contributed by atoms with E-state index in [1.165, 1.54) is 27.1 Å². The molecule has 0 aromatic heterocycles. The van der Waals surface area contributed by atoms with Crippen LogP contribution in [0.25, 0.3) is 18.2 Å². The van der Waals surface area contributed by atoms with Gasteiger partial charge in [0.25, 0.3) is 0 Å². The number of carbonyl (C=O) groups excluding carboxylic acids is 1. The van der Waals surface area contributed by atoms with Gasteiger partial charge in [-0.25, -0.2) is 0 Å². The van der Waals surface area contributed by atoms with Crippen molar-refractivity contribution >= 4 is 35.9 Å². The Morgan fingerprint density at radius 2 is 1.55 bits per heavy atom. The molecule has 3 aromatic rings. The number of hydrogen-bond donors (Lipinski definition) is 0. The molecule has 166 valence electrons. The van der Waals surface area contributed by atoms with E-state index in [0.29, 0.717) is 0 Å². The van der Waals surface area contributed by atoms with Crippen LogP contribution in [0.4, 0.5) is 0 Å². The van der Waals surface area contributed by atoms with E-state index in [-0.39, 0.29) is 11.9 Å². The average Bonchev–Trinajstić information content (AvgIpc) is 3.04. The molecule has 1 fully saturated rings. The third-order valence-corrected chi connectivity index (χ3v) is 7.26. The highest BCUT2D eigenvalue weighted by Gasteiger charge is 2.30. The van der Waals surface area contributed by atoms with Crippen LogP contribution in [0.15, 0.2) is 83.8 Å². The summed E-state index contributed by atoms with van der Waals surface area (Å²) in [6.45, 7) is 3.18. The second-order valence-corrected chi connectivity index (χ2v) is 9.34. The predicted molar refractivity (Wildman–Crippen MR) is 139 cm³/mol. The fourth-order valence-corrected chi connectivity index (χ4v) is 5.21. The van der Waals surface area contributed by atoms with Crippen molar-refractivity contribution in [2.24, 2.45) is 0 Å². The Bertz CT molecular complexity index is 1190. The molecule has 1 aliphatic heterocycles. The molecule has 3 nitrogen and oxygen atoms in total. The van der Waals surface area contributed by atoms with Gasteiger partial charge in [-0.05, 0) is 52.3 Å². The van der Waals surface area contributed by atoms with Crippen molar-refractivity contribution < 1.29 is 4.79 Å². The van der Waals surface area contributed by atoms with Crippen LogP contribution >= 0.6 is 11.8 Å². The van der Waals surface area contributed by atoms with Crippen molar-refractivity contribution in [3.63, 3.8) is 0 Å². The van der Waals surface area contributed by atoms with Crippen LogP contribution < -0.4 is 0 Å². The summed E-state index contributed by atoms with van der Waals surface area (Å²) in [5.74, 6) is 0.0894. The van der Waals surface area contributed by atoms with Crippen LogP contribution in [-0.2, 0) is 4.79 Å². The van der Waals surface area contributed by atoms with Gasteiger partial charge in [-0.2, -0.15) is 0 Å². The fraction of sp³-hybridized carbons (Fsp3) is 0.207. The molecule has 0 spiro atoms. The normalized spacial score (nSPS) is 18.1. The molecule has 1 saturated heterocycles. The molecule has 33 heavy (non-hydrogen) atoms. The molecular formula is C29H28N2OS. The van der Waals surface area contributed by atoms with E-state index < -0.39 is 0 Å². The van der Waals surface area contributed by atoms with Gasteiger partial charge in [0.1, 0.15) is 0 Å². The summed E-state index contributed by atoms with van der Waals surface area (Å²) in [4.78, 5) is 18.6.